The van der Waals surface area contributed by atoms with Gasteiger partial charge in [-0.25, -0.2) is 0 Å². The maximum Gasteiger partial charge on any atom is 0.416 e. The van der Waals surface area contributed by atoms with Crippen molar-refractivity contribution in [3.63, 3.8) is 0 Å². The monoisotopic (exact) mass is 557 g/mol. The van der Waals surface area contributed by atoms with Crippen LogP contribution in [0.5, 0.6) is 0 Å². The molecule has 7 nitrogen and oxygen atoms in total. The zero-order valence-corrected chi connectivity index (χ0v) is 21.1. The molecular formula is C23H20Cl2F3N5O2S. The van der Waals surface area contributed by atoms with Crippen LogP contribution < -0.4 is 10.6 Å². The maximum absolute atomic E-state index is 12.9. The van der Waals surface area contributed by atoms with Gasteiger partial charge >= 0.3 is 6.18 Å². The number of hydrogen-bond acceptors (Lipinski definition) is 5. The minimum Gasteiger partial charge on any atom is -0.342 e. The summed E-state index contributed by atoms with van der Waals surface area (Å²) in [5, 5.41) is 14.4. The molecule has 2 N–H and O–H groups in total. The average Bonchev–Trinajstić information content (AvgIpc) is 3.20. The number of halogens is 5. The minimum absolute atomic E-state index is 0.0286. The van der Waals surface area contributed by atoms with Gasteiger partial charge in [-0.2, -0.15) is 13.2 Å². The van der Waals surface area contributed by atoms with Gasteiger partial charge < -0.3 is 15.2 Å². The standard InChI is InChI=1S/C23H20Cl2F3N5O2S/c1-3-9-33-20(13(2)29-21(35)17-8-7-15(24)11-18(17)25)31-32-22(33)36-12-19(34)30-16-6-4-5-14(10-16)23(26,27)28/h3-8,10-11,13H,1,9,12H2,2H3,(H,29,35)(H,30,34)/t13-/m0/s1. The number of carbonyl (C=O) groups excluding carboxylic acids is 2. The van der Waals surface area contributed by atoms with Gasteiger partial charge in [0.25, 0.3) is 5.91 Å². The highest BCUT2D eigenvalue weighted by Crippen LogP contribution is 2.31. The summed E-state index contributed by atoms with van der Waals surface area (Å²) in [4.78, 5) is 25.0. The van der Waals surface area contributed by atoms with Crippen LogP contribution in [0.3, 0.4) is 0 Å². The third-order valence-corrected chi connectivity index (χ3v) is 6.29. The number of allylic oxidation sites excluding steroid dienone is 1. The summed E-state index contributed by atoms with van der Waals surface area (Å²) >= 11 is 13.0. The SMILES string of the molecule is C=CCn1c(SCC(=O)Nc2cccc(C(F)(F)F)c2)nnc1[C@H](C)NC(=O)c1ccc(Cl)cc1Cl. The second-order valence-corrected chi connectivity index (χ2v) is 9.26. The molecule has 0 fully saturated rings. The predicted octanol–water partition coefficient (Wildman–Crippen LogP) is 6.01. The van der Waals surface area contributed by atoms with E-state index >= 15 is 0 Å². The zero-order chi connectivity index (χ0) is 26.5. The van der Waals surface area contributed by atoms with Crippen LogP contribution in [-0.2, 0) is 17.5 Å². The second-order valence-electron chi connectivity index (χ2n) is 7.47. The van der Waals surface area contributed by atoms with Crippen LogP contribution in [0, 0.1) is 0 Å². The van der Waals surface area contributed by atoms with E-state index in [0.717, 1.165) is 23.9 Å². The minimum atomic E-state index is -4.52. The lowest BCUT2D eigenvalue weighted by molar-refractivity contribution is -0.137. The number of hydrogen-bond donors (Lipinski definition) is 2. The molecule has 0 aliphatic heterocycles. The number of amides is 2. The van der Waals surface area contributed by atoms with Crippen LogP contribution >= 0.6 is 35.0 Å². The van der Waals surface area contributed by atoms with Gasteiger partial charge in [0.15, 0.2) is 11.0 Å². The molecule has 0 saturated heterocycles. The van der Waals surface area contributed by atoms with Crippen molar-refractivity contribution in [1.29, 1.82) is 0 Å². The molecule has 0 aliphatic rings. The van der Waals surface area contributed by atoms with Crippen molar-refractivity contribution < 1.29 is 22.8 Å². The van der Waals surface area contributed by atoms with Crippen LogP contribution in [0.25, 0.3) is 0 Å². The highest BCUT2D eigenvalue weighted by atomic mass is 35.5. The Morgan fingerprint density at radius 3 is 2.61 bits per heavy atom. The van der Waals surface area contributed by atoms with Crippen molar-refractivity contribution >= 4 is 52.5 Å². The molecule has 1 atom stereocenters. The Balaban J connectivity index is 1.68. The molecular weight excluding hydrogens is 538 g/mol. The van der Waals surface area contributed by atoms with Crippen LogP contribution in [0.2, 0.25) is 10.0 Å². The first kappa shape index (κ1) is 27.6. The van der Waals surface area contributed by atoms with Gasteiger partial charge in [0, 0.05) is 17.3 Å². The summed E-state index contributed by atoms with van der Waals surface area (Å²) in [5.41, 5.74) is -0.594. The average molecular weight is 558 g/mol. The lowest BCUT2D eigenvalue weighted by Gasteiger charge is -2.16. The van der Waals surface area contributed by atoms with Crippen molar-refractivity contribution in [2.75, 3.05) is 11.1 Å². The fourth-order valence-electron chi connectivity index (χ4n) is 3.14. The molecule has 2 amide bonds. The van der Waals surface area contributed by atoms with Gasteiger partial charge in [0.2, 0.25) is 5.91 Å². The van der Waals surface area contributed by atoms with Gasteiger partial charge in [0.1, 0.15) is 0 Å². The summed E-state index contributed by atoms with van der Waals surface area (Å²) in [6, 6.07) is 8.30. The lowest BCUT2D eigenvalue weighted by Crippen LogP contribution is -2.29. The normalized spacial score (nSPS) is 12.2. The number of nitrogens with zero attached hydrogens (tertiary/aromatic N) is 3. The summed E-state index contributed by atoms with van der Waals surface area (Å²) in [7, 11) is 0. The van der Waals surface area contributed by atoms with Gasteiger partial charge in [-0.05, 0) is 43.3 Å². The highest BCUT2D eigenvalue weighted by molar-refractivity contribution is 7.99. The number of nitrogens with one attached hydrogen (secondary N) is 2. The smallest absolute Gasteiger partial charge is 0.342 e. The summed E-state index contributed by atoms with van der Waals surface area (Å²) in [6.07, 6.45) is -2.91. The van der Waals surface area contributed by atoms with E-state index in [2.05, 4.69) is 27.4 Å². The largest absolute Gasteiger partial charge is 0.416 e. The van der Waals surface area contributed by atoms with Gasteiger partial charge in [-0.3, -0.25) is 9.59 Å². The molecule has 3 rings (SSSR count). The molecule has 0 aliphatic carbocycles. The van der Waals surface area contributed by atoms with E-state index < -0.39 is 29.6 Å². The summed E-state index contributed by atoms with van der Waals surface area (Å²) < 4.78 is 40.3. The van der Waals surface area contributed by atoms with E-state index in [1.165, 1.54) is 24.3 Å². The Morgan fingerprint density at radius 2 is 1.94 bits per heavy atom. The van der Waals surface area contributed by atoms with Crippen molar-refractivity contribution in [2.24, 2.45) is 0 Å². The molecule has 190 valence electrons. The Morgan fingerprint density at radius 1 is 1.19 bits per heavy atom. The third kappa shape index (κ3) is 7.02. The fourth-order valence-corrected chi connectivity index (χ4v) is 4.39. The van der Waals surface area contributed by atoms with Crippen LogP contribution in [0.1, 0.15) is 34.7 Å². The Bertz CT molecular complexity index is 1280. The maximum atomic E-state index is 12.9. The quantitative estimate of drug-likeness (QED) is 0.248. The summed E-state index contributed by atoms with van der Waals surface area (Å²) in [6.45, 7) is 5.71. The highest BCUT2D eigenvalue weighted by Gasteiger charge is 2.30. The van der Waals surface area contributed by atoms with Crippen LogP contribution in [0.15, 0.2) is 60.3 Å². The molecule has 2 aromatic carbocycles. The molecule has 0 radical (unpaired) electrons. The Kier molecular flexibility index (Phi) is 9.04. The first-order valence-electron chi connectivity index (χ1n) is 10.4. The molecule has 13 heteroatoms. The van der Waals surface area contributed by atoms with Gasteiger partial charge in [-0.1, -0.05) is 47.1 Å². The molecule has 3 aromatic rings. The molecule has 0 spiro atoms. The van der Waals surface area contributed by atoms with Crippen LogP contribution in [-0.4, -0.2) is 32.3 Å². The molecule has 1 heterocycles. The van der Waals surface area contributed by atoms with Gasteiger partial charge in [0.05, 0.1) is 27.9 Å². The molecule has 0 bridgehead atoms. The number of aromatic nitrogens is 3. The van der Waals surface area contributed by atoms with E-state index in [1.54, 1.807) is 23.6 Å². The number of thioether (sulfide) groups is 1. The first-order chi connectivity index (χ1) is 17.0. The molecule has 36 heavy (non-hydrogen) atoms. The number of alkyl halides is 3. The van der Waals surface area contributed by atoms with Crippen molar-refractivity contribution in [3.05, 3.63) is 82.1 Å². The fraction of sp³-hybridized carbons (Fsp3) is 0.217. The van der Waals surface area contributed by atoms with Gasteiger partial charge in [-0.15, -0.1) is 16.8 Å². The van der Waals surface area contributed by atoms with E-state index in [4.69, 9.17) is 23.2 Å². The summed E-state index contributed by atoms with van der Waals surface area (Å²) in [5.74, 6) is -0.680. The zero-order valence-electron chi connectivity index (χ0n) is 18.8. The van der Waals surface area contributed by atoms with Crippen LogP contribution in [0.4, 0.5) is 18.9 Å². The third-order valence-electron chi connectivity index (χ3n) is 4.77. The number of anilines is 1. The Hall–Kier alpha value is -3.02. The number of benzene rings is 2. The molecule has 0 unspecified atom stereocenters. The lowest BCUT2D eigenvalue weighted by atomic mass is 10.2. The van der Waals surface area contributed by atoms with E-state index in [-0.39, 0.29) is 22.0 Å². The number of carbonyl (C=O) groups is 2. The Labute approximate surface area is 219 Å². The van der Waals surface area contributed by atoms with E-state index in [0.29, 0.717) is 22.5 Å². The number of rotatable bonds is 9. The molecule has 1 aromatic heterocycles. The van der Waals surface area contributed by atoms with E-state index in [9.17, 15) is 22.8 Å². The first-order valence-corrected chi connectivity index (χ1v) is 12.1. The van der Waals surface area contributed by atoms with E-state index in [1.807, 2.05) is 0 Å². The predicted molar refractivity (Wildman–Crippen MR) is 133 cm³/mol. The van der Waals surface area contributed by atoms with Crippen molar-refractivity contribution in [3.8, 4) is 0 Å². The topological polar surface area (TPSA) is 88.9 Å². The van der Waals surface area contributed by atoms with Crippen molar-refractivity contribution in [2.45, 2.75) is 30.8 Å². The molecule has 0 saturated carbocycles. The second kappa shape index (κ2) is 11.8. The van der Waals surface area contributed by atoms with Crippen molar-refractivity contribution in [1.82, 2.24) is 20.1 Å².